The smallest absolute Gasteiger partial charge is 0.257 e. The highest BCUT2D eigenvalue weighted by atomic mass is 35.5. The summed E-state index contributed by atoms with van der Waals surface area (Å²) in [7, 11) is 0. The molecule has 2 aromatic heterocycles. The standard InChI is InChI=1S/C17H24N4O2.ClH/c1-3-9-21(13-5-7-18-8-6-13)17(22)12-10-14-15(4-2)20-23-16(14)19-11-12;/h10-11,13,18H,3-9H2,1-2H3;1H. The van der Waals surface area contributed by atoms with Crippen molar-refractivity contribution >= 4 is 29.4 Å². The van der Waals surface area contributed by atoms with Crippen LogP contribution in [-0.4, -0.2) is 46.6 Å². The number of halogens is 1. The predicted octanol–water partition coefficient (Wildman–Crippen LogP) is 2.81. The minimum atomic E-state index is 0. The van der Waals surface area contributed by atoms with Gasteiger partial charge < -0.3 is 14.7 Å². The van der Waals surface area contributed by atoms with Crippen molar-refractivity contribution in [1.29, 1.82) is 0 Å². The van der Waals surface area contributed by atoms with Crippen molar-refractivity contribution in [2.45, 2.75) is 45.6 Å². The molecule has 1 aliphatic rings. The zero-order chi connectivity index (χ0) is 16.2. The Kier molecular flexibility index (Phi) is 6.57. The van der Waals surface area contributed by atoms with E-state index in [9.17, 15) is 4.79 Å². The second kappa shape index (κ2) is 8.44. The van der Waals surface area contributed by atoms with Crippen LogP contribution in [0.25, 0.3) is 11.1 Å². The lowest BCUT2D eigenvalue weighted by molar-refractivity contribution is 0.0642. The molecular formula is C17H25ClN4O2. The molecule has 0 bridgehead atoms. The van der Waals surface area contributed by atoms with E-state index in [0.717, 1.165) is 56.4 Å². The first-order valence-electron chi connectivity index (χ1n) is 8.50. The van der Waals surface area contributed by atoms with Crippen LogP contribution in [0.3, 0.4) is 0 Å². The molecule has 3 rings (SSSR count). The van der Waals surface area contributed by atoms with Gasteiger partial charge in [0.05, 0.1) is 16.6 Å². The molecule has 0 unspecified atom stereocenters. The Balaban J connectivity index is 0.00000208. The van der Waals surface area contributed by atoms with E-state index in [1.807, 2.05) is 17.9 Å². The second-order valence-electron chi connectivity index (χ2n) is 6.04. The summed E-state index contributed by atoms with van der Waals surface area (Å²) in [5.41, 5.74) is 1.98. The van der Waals surface area contributed by atoms with E-state index in [1.165, 1.54) is 0 Å². The van der Waals surface area contributed by atoms with Gasteiger partial charge in [0.25, 0.3) is 11.6 Å². The Hall–Kier alpha value is -1.66. The number of pyridine rings is 1. The third-order valence-corrected chi connectivity index (χ3v) is 4.46. The number of aryl methyl sites for hydroxylation is 1. The zero-order valence-electron chi connectivity index (χ0n) is 14.2. The van der Waals surface area contributed by atoms with Crippen LogP contribution in [-0.2, 0) is 6.42 Å². The number of nitrogens with one attached hydrogen (secondary N) is 1. The van der Waals surface area contributed by atoms with Crippen LogP contribution in [0.1, 0.15) is 49.2 Å². The molecule has 6 nitrogen and oxygen atoms in total. The van der Waals surface area contributed by atoms with E-state index in [0.29, 0.717) is 17.3 Å². The Morgan fingerprint density at radius 1 is 1.38 bits per heavy atom. The van der Waals surface area contributed by atoms with E-state index >= 15 is 0 Å². The average Bonchev–Trinajstić information content (AvgIpc) is 3.02. The Bertz CT molecular complexity index is 682. The maximum absolute atomic E-state index is 13.0. The lowest BCUT2D eigenvalue weighted by Crippen LogP contribution is -2.46. The van der Waals surface area contributed by atoms with E-state index < -0.39 is 0 Å². The van der Waals surface area contributed by atoms with Crippen molar-refractivity contribution in [3.63, 3.8) is 0 Å². The molecule has 0 aliphatic carbocycles. The summed E-state index contributed by atoms with van der Waals surface area (Å²) >= 11 is 0. The highest BCUT2D eigenvalue weighted by Crippen LogP contribution is 2.21. The monoisotopic (exact) mass is 352 g/mol. The average molecular weight is 353 g/mol. The predicted molar refractivity (Wildman–Crippen MR) is 95.6 cm³/mol. The van der Waals surface area contributed by atoms with Crippen molar-refractivity contribution in [3.8, 4) is 0 Å². The van der Waals surface area contributed by atoms with E-state index in [-0.39, 0.29) is 18.3 Å². The first kappa shape index (κ1) is 18.7. The molecule has 1 amide bonds. The van der Waals surface area contributed by atoms with Crippen molar-refractivity contribution in [2.24, 2.45) is 0 Å². The fourth-order valence-electron chi connectivity index (χ4n) is 3.23. The van der Waals surface area contributed by atoms with Gasteiger partial charge in [0.2, 0.25) is 0 Å². The number of nitrogens with zero attached hydrogens (tertiary/aromatic N) is 3. The molecule has 0 saturated carbocycles. The molecule has 3 heterocycles. The van der Waals surface area contributed by atoms with E-state index in [2.05, 4.69) is 22.4 Å². The third-order valence-electron chi connectivity index (χ3n) is 4.46. The minimum Gasteiger partial charge on any atom is -0.336 e. The van der Waals surface area contributed by atoms with Gasteiger partial charge >= 0.3 is 0 Å². The van der Waals surface area contributed by atoms with Crippen LogP contribution < -0.4 is 5.32 Å². The molecule has 0 atom stereocenters. The van der Waals surface area contributed by atoms with Crippen LogP contribution in [0.15, 0.2) is 16.8 Å². The van der Waals surface area contributed by atoms with Gasteiger partial charge in [-0.1, -0.05) is 19.0 Å². The van der Waals surface area contributed by atoms with Gasteiger partial charge in [-0.3, -0.25) is 4.79 Å². The van der Waals surface area contributed by atoms with Crippen LogP contribution >= 0.6 is 12.4 Å². The van der Waals surface area contributed by atoms with Gasteiger partial charge in [0.1, 0.15) is 0 Å². The number of hydrogen-bond donors (Lipinski definition) is 1. The molecule has 0 aromatic carbocycles. The molecule has 1 N–H and O–H groups in total. The van der Waals surface area contributed by atoms with Crippen molar-refractivity contribution in [3.05, 3.63) is 23.5 Å². The summed E-state index contributed by atoms with van der Waals surface area (Å²) in [6, 6.07) is 2.19. The lowest BCUT2D eigenvalue weighted by atomic mass is 10.0. The molecule has 1 fully saturated rings. The normalized spacial score (nSPS) is 15.2. The highest BCUT2D eigenvalue weighted by molar-refractivity contribution is 5.97. The summed E-state index contributed by atoms with van der Waals surface area (Å²) < 4.78 is 5.20. The summed E-state index contributed by atoms with van der Waals surface area (Å²) in [5, 5.41) is 8.22. The molecule has 1 saturated heterocycles. The highest BCUT2D eigenvalue weighted by Gasteiger charge is 2.26. The van der Waals surface area contributed by atoms with Gasteiger partial charge in [0, 0.05) is 18.8 Å². The van der Waals surface area contributed by atoms with E-state index in [1.54, 1.807) is 6.20 Å². The molecule has 0 spiro atoms. The number of fused-ring (bicyclic) bond motifs is 1. The summed E-state index contributed by atoms with van der Waals surface area (Å²) in [6.07, 6.45) is 5.35. The maximum atomic E-state index is 13.0. The summed E-state index contributed by atoms with van der Waals surface area (Å²) in [6.45, 7) is 6.86. The minimum absolute atomic E-state index is 0. The number of amides is 1. The van der Waals surface area contributed by atoms with Gasteiger partial charge in [-0.15, -0.1) is 12.4 Å². The van der Waals surface area contributed by atoms with Crippen molar-refractivity contribution in [1.82, 2.24) is 20.4 Å². The quantitative estimate of drug-likeness (QED) is 0.895. The third kappa shape index (κ3) is 3.70. The molecule has 132 valence electrons. The molecule has 24 heavy (non-hydrogen) atoms. The largest absolute Gasteiger partial charge is 0.336 e. The summed E-state index contributed by atoms with van der Waals surface area (Å²) in [4.78, 5) is 19.3. The lowest BCUT2D eigenvalue weighted by Gasteiger charge is -2.34. The Labute approximate surface area is 148 Å². The van der Waals surface area contributed by atoms with Crippen molar-refractivity contribution < 1.29 is 9.32 Å². The van der Waals surface area contributed by atoms with Crippen LogP contribution in [0, 0.1) is 0 Å². The molecule has 0 radical (unpaired) electrons. The Morgan fingerprint density at radius 3 is 2.79 bits per heavy atom. The number of carbonyl (C=O) groups excluding carboxylic acids is 1. The SMILES string of the molecule is CCCN(C(=O)c1cnc2onc(CC)c2c1)C1CCNCC1.Cl. The maximum Gasteiger partial charge on any atom is 0.257 e. The van der Waals surface area contributed by atoms with Gasteiger partial charge in [-0.2, -0.15) is 0 Å². The number of piperidine rings is 1. The zero-order valence-corrected chi connectivity index (χ0v) is 15.1. The first-order valence-corrected chi connectivity index (χ1v) is 8.50. The topological polar surface area (TPSA) is 71.3 Å². The van der Waals surface area contributed by atoms with Crippen LogP contribution in [0.2, 0.25) is 0 Å². The molecular weight excluding hydrogens is 328 g/mol. The fraction of sp³-hybridized carbons (Fsp3) is 0.588. The second-order valence-corrected chi connectivity index (χ2v) is 6.04. The fourth-order valence-corrected chi connectivity index (χ4v) is 3.23. The van der Waals surface area contributed by atoms with Gasteiger partial charge in [0.15, 0.2) is 0 Å². The molecule has 7 heteroatoms. The van der Waals surface area contributed by atoms with Gasteiger partial charge in [-0.05, 0) is 44.8 Å². The molecule has 1 aliphatic heterocycles. The Morgan fingerprint density at radius 2 is 2.12 bits per heavy atom. The van der Waals surface area contributed by atoms with Crippen LogP contribution in [0.4, 0.5) is 0 Å². The number of hydrogen-bond acceptors (Lipinski definition) is 5. The summed E-state index contributed by atoms with van der Waals surface area (Å²) in [5.74, 6) is 0.0661. The van der Waals surface area contributed by atoms with Crippen LogP contribution in [0.5, 0.6) is 0 Å². The van der Waals surface area contributed by atoms with Gasteiger partial charge in [-0.25, -0.2) is 4.98 Å². The number of rotatable bonds is 5. The number of aromatic nitrogens is 2. The van der Waals surface area contributed by atoms with E-state index in [4.69, 9.17) is 4.52 Å². The first-order chi connectivity index (χ1) is 11.2. The number of carbonyl (C=O) groups is 1. The van der Waals surface area contributed by atoms with Crippen molar-refractivity contribution in [2.75, 3.05) is 19.6 Å². The molecule has 2 aromatic rings.